The van der Waals surface area contributed by atoms with Crippen molar-refractivity contribution < 1.29 is 23.9 Å². The van der Waals surface area contributed by atoms with E-state index in [1.807, 2.05) is 0 Å². The molecular weight excluding hydrogens is 278 g/mol. The van der Waals surface area contributed by atoms with E-state index in [2.05, 4.69) is 15.0 Å². The van der Waals surface area contributed by atoms with Gasteiger partial charge in [0.25, 0.3) is 5.91 Å². The van der Waals surface area contributed by atoms with Crippen LogP contribution in [0.4, 0.5) is 11.6 Å². The van der Waals surface area contributed by atoms with E-state index in [0.29, 0.717) is 11.6 Å². The zero-order valence-electron chi connectivity index (χ0n) is 11.3. The number of nitrogens with one attached hydrogen (secondary N) is 1. The van der Waals surface area contributed by atoms with Gasteiger partial charge in [0.1, 0.15) is 5.82 Å². The molecule has 3 rings (SSSR count). The van der Waals surface area contributed by atoms with Crippen molar-refractivity contribution in [2.24, 2.45) is 5.92 Å². The van der Waals surface area contributed by atoms with E-state index >= 15 is 0 Å². The number of rotatable bonds is 2. The Balaban J connectivity index is 1.84. The first-order valence-electron chi connectivity index (χ1n) is 6.40. The average Bonchev–Trinajstić information content (AvgIpc) is 2.87. The summed E-state index contributed by atoms with van der Waals surface area (Å²) >= 11 is 0. The Morgan fingerprint density at radius 2 is 2.29 bits per heavy atom. The first-order valence-corrected chi connectivity index (χ1v) is 6.40. The molecule has 1 saturated heterocycles. The third-order valence-electron chi connectivity index (χ3n) is 3.40. The van der Waals surface area contributed by atoms with Gasteiger partial charge in [0.2, 0.25) is 5.91 Å². The van der Waals surface area contributed by atoms with Crippen molar-refractivity contribution >= 4 is 29.4 Å². The van der Waals surface area contributed by atoms with Crippen LogP contribution >= 0.6 is 0 Å². The van der Waals surface area contributed by atoms with Gasteiger partial charge in [0.05, 0.1) is 13.0 Å². The number of hydrogen-bond donors (Lipinski definition) is 1. The van der Waals surface area contributed by atoms with Gasteiger partial charge in [-0.05, 0) is 12.1 Å². The molecular formula is C13H13N3O5. The van der Waals surface area contributed by atoms with Gasteiger partial charge >= 0.3 is 5.97 Å². The number of methoxy groups -OCH3 is 1. The fourth-order valence-electron chi connectivity index (χ4n) is 2.36. The van der Waals surface area contributed by atoms with E-state index in [1.54, 1.807) is 12.1 Å². The molecule has 0 radical (unpaired) electrons. The smallest absolute Gasteiger partial charge is 0.311 e. The molecule has 8 heteroatoms. The maximum atomic E-state index is 12.0. The van der Waals surface area contributed by atoms with Crippen molar-refractivity contribution in [3.05, 3.63) is 12.1 Å². The number of anilines is 2. The summed E-state index contributed by atoms with van der Waals surface area (Å²) < 4.78 is 9.86. The molecule has 110 valence electrons. The molecule has 2 aliphatic rings. The largest absolute Gasteiger partial charge is 0.480 e. The lowest BCUT2D eigenvalue weighted by Gasteiger charge is -2.20. The molecule has 0 bridgehead atoms. The molecule has 21 heavy (non-hydrogen) atoms. The summed E-state index contributed by atoms with van der Waals surface area (Å²) in [5.41, 5.74) is 0. The van der Waals surface area contributed by atoms with Crippen molar-refractivity contribution in [3.8, 4) is 5.75 Å². The Labute approximate surface area is 120 Å². The van der Waals surface area contributed by atoms with Gasteiger partial charge in [-0.2, -0.15) is 0 Å². The van der Waals surface area contributed by atoms with Crippen LogP contribution in [0.15, 0.2) is 12.1 Å². The number of esters is 1. The molecule has 1 atom stereocenters. The van der Waals surface area contributed by atoms with Crippen molar-refractivity contribution in [1.29, 1.82) is 0 Å². The highest BCUT2D eigenvalue weighted by molar-refractivity contribution is 5.99. The molecule has 8 nitrogen and oxygen atoms in total. The minimum atomic E-state index is -0.494. The molecule has 0 spiro atoms. The Kier molecular flexibility index (Phi) is 3.20. The van der Waals surface area contributed by atoms with E-state index < -0.39 is 11.9 Å². The zero-order chi connectivity index (χ0) is 15.0. The van der Waals surface area contributed by atoms with Crippen molar-refractivity contribution in [2.75, 3.05) is 30.5 Å². The second-order valence-corrected chi connectivity index (χ2v) is 4.78. The van der Waals surface area contributed by atoms with E-state index in [1.165, 1.54) is 12.0 Å². The van der Waals surface area contributed by atoms with E-state index in [9.17, 15) is 14.4 Å². The molecule has 1 fully saturated rings. The first kappa shape index (κ1) is 13.3. The van der Waals surface area contributed by atoms with Crippen LogP contribution in [-0.4, -0.2) is 43.0 Å². The SMILES string of the molecule is COC(=O)C1CC(=O)N(c2ccc3c(n2)NC(=O)CO3)C1. The number of pyridine rings is 1. The third kappa shape index (κ3) is 2.39. The molecule has 1 aromatic rings. The van der Waals surface area contributed by atoms with E-state index in [-0.39, 0.29) is 37.2 Å². The van der Waals surface area contributed by atoms with Crippen molar-refractivity contribution in [2.45, 2.75) is 6.42 Å². The lowest BCUT2D eigenvalue weighted by molar-refractivity contribution is -0.145. The van der Waals surface area contributed by atoms with Gasteiger partial charge < -0.3 is 14.8 Å². The first-order chi connectivity index (χ1) is 10.1. The van der Waals surface area contributed by atoms with E-state index in [0.717, 1.165) is 0 Å². The highest BCUT2D eigenvalue weighted by Gasteiger charge is 2.36. The van der Waals surface area contributed by atoms with Crippen LogP contribution in [0, 0.1) is 5.92 Å². The fourth-order valence-corrected chi connectivity index (χ4v) is 2.36. The summed E-state index contributed by atoms with van der Waals surface area (Å²) in [6.07, 6.45) is 0.0916. The summed E-state index contributed by atoms with van der Waals surface area (Å²) in [7, 11) is 1.29. The van der Waals surface area contributed by atoms with Crippen LogP contribution in [0.1, 0.15) is 6.42 Å². The second kappa shape index (κ2) is 5.04. The number of carbonyl (C=O) groups excluding carboxylic acids is 3. The molecule has 3 heterocycles. The highest BCUT2D eigenvalue weighted by atomic mass is 16.5. The van der Waals surface area contributed by atoms with Crippen LogP contribution < -0.4 is 15.0 Å². The maximum absolute atomic E-state index is 12.0. The summed E-state index contributed by atoms with van der Waals surface area (Å²) in [5.74, 6) is -0.316. The molecule has 0 aromatic carbocycles. The number of fused-ring (bicyclic) bond motifs is 1. The van der Waals surface area contributed by atoms with Gasteiger partial charge in [0, 0.05) is 13.0 Å². The Morgan fingerprint density at radius 3 is 3.05 bits per heavy atom. The number of aromatic nitrogens is 1. The van der Waals surface area contributed by atoms with Gasteiger partial charge in [0.15, 0.2) is 18.2 Å². The summed E-state index contributed by atoms with van der Waals surface area (Å²) in [6.45, 7) is 0.160. The molecule has 2 aliphatic heterocycles. The quantitative estimate of drug-likeness (QED) is 0.766. The van der Waals surface area contributed by atoms with Crippen molar-refractivity contribution in [1.82, 2.24) is 4.98 Å². The number of hydrogen-bond acceptors (Lipinski definition) is 6. The van der Waals surface area contributed by atoms with Crippen LogP contribution in [0.3, 0.4) is 0 Å². The van der Waals surface area contributed by atoms with Gasteiger partial charge in [-0.15, -0.1) is 0 Å². The van der Waals surface area contributed by atoms with Gasteiger partial charge in [-0.1, -0.05) is 0 Å². The van der Waals surface area contributed by atoms with Crippen LogP contribution in [0.25, 0.3) is 0 Å². The third-order valence-corrected chi connectivity index (χ3v) is 3.40. The lowest BCUT2D eigenvalue weighted by atomic mass is 10.1. The van der Waals surface area contributed by atoms with Crippen LogP contribution in [-0.2, 0) is 19.1 Å². The lowest BCUT2D eigenvalue weighted by Crippen LogP contribution is -2.29. The van der Waals surface area contributed by atoms with Gasteiger partial charge in [-0.3, -0.25) is 19.3 Å². The van der Waals surface area contributed by atoms with E-state index in [4.69, 9.17) is 4.74 Å². The standard InChI is InChI=1S/C13H13N3O5/c1-20-13(19)7-4-11(18)16(5-7)9-3-2-8-12(14-9)15-10(17)6-21-8/h2-3,7H,4-6H2,1H3,(H,14,15,17). The topological polar surface area (TPSA) is 97.8 Å². The predicted octanol–water partition coefficient (Wildman–Crippen LogP) is -0.0616. The Hall–Kier alpha value is -2.64. The molecule has 0 aliphatic carbocycles. The van der Waals surface area contributed by atoms with Crippen LogP contribution in [0.2, 0.25) is 0 Å². The fraction of sp³-hybridized carbons (Fsp3) is 0.385. The molecule has 1 N–H and O–H groups in total. The van der Waals surface area contributed by atoms with Crippen LogP contribution in [0.5, 0.6) is 5.75 Å². The molecule has 2 amide bonds. The Bertz CT molecular complexity index is 630. The average molecular weight is 291 g/mol. The molecule has 1 unspecified atom stereocenters. The monoisotopic (exact) mass is 291 g/mol. The second-order valence-electron chi connectivity index (χ2n) is 4.78. The molecule has 1 aromatic heterocycles. The normalized spacial score (nSPS) is 20.6. The number of amides is 2. The van der Waals surface area contributed by atoms with Crippen molar-refractivity contribution in [3.63, 3.8) is 0 Å². The minimum absolute atomic E-state index is 0.0545. The predicted molar refractivity (Wildman–Crippen MR) is 70.8 cm³/mol. The number of nitrogens with zero attached hydrogens (tertiary/aromatic N) is 2. The zero-order valence-corrected chi connectivity index (χ0v) is 11.3. The number of ether oxygens (including phenoxy) is 2. The highest BCUT2D eigenvalue weighted by Crippen LogP contribution is 2.31. The summed E-state index contributed by atoms with van der Waals surface area (Å²) in [4.78, 5) is 40.4. The van der Waals surface area contributed by atoms with Gasteiger partial charge in [-0.25, -0.2) is 4.98 Å². The summed E-state index contributed by atoms with van der Waals surface area (Å²) in [6, 6.07) is 3.25. The minimum Gasteiger partial charge on any atom is -0.480 e. The maximum Gasteiger partial charge on any atom is 0.311 e. The summed E-state index contributed by atoms with van der Waals surface area (Å²) in [5, 5.41) is 2.58. The molecule has 0 saturated carbocycles. The number of carbonyl (C=O) groups is 3. The Morgan fingerprint density at radius 1 is 1.48 bits per heavy atom.